The van der Waals surface area contributed by atoms with Crippen molar-refractivity contribution in [3.63, 3.8) is 0 Å². The predicted octanol–water partition coefficient (Wildman–Crippen LogP) is 1.71. The number of nitriles is 1. The summed E-state index contributed by atoms with van der Waals surface area (Å²) in [5.41, 5.74) is 6.73. The Morgan fingerprint density at radius 1 is 1.14 bits per heavy atom. The van der Waals surface area contributed by atoms with Crippen molar-refractivity contribution >= 4 is 23.6 Å². The van der Waals surface area contributed by atoms with Crippen molar-refractivity contribution in [2.45, 2.75) is 25.5 Å². The van der Waals surface area contributed by atoms with E-state index in [9.17, 15) is 14.4 Å². The number of hydrogen-bond acceptors (Lipinski definition) is 5. The van der Waals surface area contributed by atoms with Crippen molar-refractivity contribution in [3.05, 3.63) is 65.7 Å². The van der Waals surface area contributed by atoms with Gasteiger partial charge in [-0.25, -0.2) is 9.59 Å². The van der Waals surface area contributed by atoms with Crippen LogP contribution in [0.3, 0.4) is 0 Å². The first kappa shape index (κ1) is 20.5. The molecule has 0 fully saturated rings. The van der Waals surface area contributed by atoms with E-state index in [-0.39, 0.29) is 6.42 Å². The normalized spacial score (nSPS) is 12.1. The highest BCUT2D eigenvalue weighted by atomic mass is 16.5. The second-order valence-corrected chi connectivity index (χ2v) is 6.01. The smallest absolute Gasteiger partial charge is 0.329 e. The van der Waals surface area contributed by atoms with Crippen molar-refractivity contribution in [3.8, 4) is 6.07 Å². The molecular formula is C20H20N4O4. The molecule has 0 aliphatic rings. The lowest BCUT2D eigenvalue weighted by Gasteiger charge is -2.19. The molecule has 0 radical (unpaired) electrons. The van der Waals surface area contributed by atoms with Crippen LogP contribution in [-0.2, 0) is 20.7 Å². The van der Waals surface area contributed by atoms with Gasteiger partial charge < -0.3 is 21.1 Å². The van der Waals surface area contributed by atoms with Gasteiger partial charge in [0.1, 0.15) is 6.04 Å². The van der Waals surface area contributed by atoms with Crippen molar-refractivity contribution in [1.82, 2.24) is 5.32 Å². The van der Waals surface area contributed by atoms with Gasteiger partial charge in [-0.15, -0.1) is 0 Å². The van der Waals surface area contributed by atoms with Crippen LogP contribution in [0.5, 0.6) is 0 Å². The molecule has 0 saturated carbocycles. The van der Waals surface area contributed by atoms with Crippen molar-refractivity contribution in [1.29, 1.82) is 5.26 Å². The Morgan fingerprint density at radius 3 is 2.50 bits per heavy atom. The van der Waals surface area contributed by atoms with E-state index in [0.717, 1.165) is 5.56 Å². The Labute approximate surface area is 162 Å². The molecule has 2 aromatic carbocycles. The number of primary amides is 1. The summed E-state index contributed by atoms with van der Waals surface area (Å²) in [6, 6.07) is 15.4. The van der Waals surface area contributed by atoms with E-state index in [1.54, 1.807) is 42.5 Å². The third kappa shape index (κ3) is 6.14. The van der Waals surface area contributed by atoms with Gasteiger partial charge in [-0.1, -0.05) is 36.4 Å². The van der Waals surface area contributed by atoms with E-state index in [1.807, 2.05) is 12.1 Å². The van der Waals surface area contributed by atoms with E-state index in [1.165, 1.54) is 13.0 Å². The average molecular weight is 380 g/mol. The summed E-state index contributed by atoms with van der Waals surface area (Å²) in [5, 5.41) is 13.8. The third-order valence-electron chi connectivity index (χ3n) is 3.81. The molecule has 4 N–H and O–H groups in total. The van der Waals surface area contributed by atoms with Gasteiger partial charge in [0.15, 0.2) is 6.10 Å². The number of urea groups is 1. The molecule has 0 bridgehead atoms. The number of carbonyl (C=O) groups excluding carboxylic acids is 3. The molecule has 0 saturated heterocycles. The molecular weight excluding hydrogens is 360 g/mol. The third-order valence-corrected chi connectivity index (χ3v) is 3.81. The van der Waals surface area contributed by atoms with Crippen LogP contribution in [0, 0.1) is 11.3 Å². The zero-order valence-electron chi connectivity index (χ0n) is 15.2. The van der Waals surface area contributed by atoms with Gasteiger partial charge in [0, 0.05) is 12.1 Å². The maximum atomic E-state index is 12.4. The van der Waals surface area contributed by atoms with Crippen molar-refractivity contribution in [2.75, 3.05) is 5.32 Å². The van der Waals surface area contributed by atoms with Crippen molar-refractivity contribution < 1.29 is 19.1 Å². The van der Waals surface area contributed by atoms with Crippen LogP contribution in [0.1, 0.15) is 18.1 Å². The fraction of sp³-hybridized carbons (Fsp3) is 0.200. The van der Waals surface area contributed by atoms with Crippen LogP contribution >= 0.6 is 0 Å². The number of hydrogen-bond donors (Lipinski definition) is 3. The summed E-state index contributed by atoms with van der Waals surface area (Å²) in [6.45, 7) is 1.41. The summed E-state index contributed by atoms with van der Waals surface area (Å²) in [4.78, 5) is 35.9. The van der Waals surface area contributed by atoms with Crippen LogP contribution < -0.4 is 16.4 Å². The number of anilines is 1. The van der Waals surface area contributed by atoms with Gasteiger partial charge in [0.25, 0.3) is 5.91 Å². The first-order valence-corrected chi connectivity index (χ1v) is 8.50. The second-order valence-electron chi connectivity index (χ2n) is 6.01. The Bertz CT molecular complexity index is 893. The summed E-state index contributed by atoms with van der Waals surface area (Å²) in [5.74, 6) is -1.35. The van der Waals surface area contributed by atoms with E-state index < -0.39 is 30.1 Å². The number of rotatable bonds is 7. The summed E-state index contributed by atoms with van der Waals surface area (Å²) < 4.78 is 5.19. The minimum atomic E-state index is -1.12. The van der Waals surface area contributed by atoms with Gasteiger partial charge in [0.2, 0.25) is 0 Å². The van der Waals surface area contributed by atoms with E-state index in [4.69, 9.17) is 15.7 Å². The molecule has 0 heterocycles. The van der Waals surface area contributed by atoms with Gasteiger partial charge in [-0.2, -0.15) is 5.26 Å². The molecule has 8 heteroatoms. The quantitative estimate of drug-likeness (QED) is 0.629. The number of ether oxygens (including phenoxy) is 1. The summed E-state index contributed by atoms with van der Waals surface area (Å²) >= 11 is 0. The fourth-order valence-electron chi connectivity index (χ4n) is 2.44. The average Bonchev–Trinajstić information content (AvgIpc) is 2.68. The van der Waals surface area contributed by atoms with Gasteiger partial charge >= 0.3 is 12.0 Å². The van der Waals surface area contributed by atoms with Crippen LogP contribution in [0.25, 0.3) is 0 Å². The molecule has 28 heavy (non-hydrogen) atoms. The molecule has 8 nitrogen and oxygen atoms in total. The summed E-state index contributed by atoms with van der Waals surface area (Å²) in [6.07, 6.45) is -0.951. The van der Waals surface area contributed by atoms with Crippen LogP contribution in [0.15, 0.2) is 54.6 Å². The Morgan fingerprint density at radius 2 is 1.86 bits per heavy atom. The maximum absolute atomic E-state index is 12.4. The zero-order valence-corrected chi connectivity index (χ0v) is 15.2. The van der Waals surface area contributed by atoms with Crippen LogP contribution in [-0.4, -0.2) is 30.1 Å². The largest absolute Gasteiger partial charge is 0.451 e. The van der Waals surface area contributed by atoms with Crippen LogP contribution in [0.2, 0.25) is 0 Å². The number of esters is 1. The molecule has 2 atom stereocenters. The Hall–Kier alpha value is -3.86. The first-order valence-electron chi connectivity index (χ1n) is 8.50. The first-order chi connectivity index (χ1) is 13.4. The van der Waals surface area contributed by atoms with Crippen molar-refractivity contribution in [2.24, 2.45) is 5.73 Å². The molecule has 3 amide bonds. The maximum Gasteiger partial charge on any atom is 0.329 e. The SMILES string of the molecule is C[C@H](OC(=O)[C@H](Cc1ccccc1)NC(N)=O)C(=O)Nc1cccc(C#N)c1. The molecule has 144 valence electrons. The number of amides is 3. The lowest BCUT2D eigenvalue weighted by Crippen LogP contribution is -2.47. The molecule has 2 rings (SSSR count). The van der Waals surface area contributed by atoms with Gasteiger partial charge in [-0.3, -0.25) is 4.79 Å². The highest BCUT2D eigenvalue weighted by molar-refractivity contribution is 5.95. The zero-order chi connectivity index (χ0) is 20.5. The standard InChI is InChI=1S/C20H20N4O4/c1-13(18(25)23-16-9-5-8-15(10-16)12-21)28-19(26)17(24-20(22)27)11-14-6-3-2-4-7-14/h2-10,13,17H,11H2,1H3,(H,23,25)(H3,22,24,27)/t13-,17-/m0/s1. The van der Waals surface area contributed by atoms with E-state index >= 15 is 0 Å². The molecule has 0 aliphatic heterocycles. The lowest BCUT2D eigenvalue weighted by atomic mass is 10.1. The molecule has 0 spiro atoms. The van der Waals surface area contributed by atoms with E-state index in [2.05, 4.69) is 10.6 Å². The Balaban J connectivity index is 2.01. The van der Waals surface area contributed by atoms with Gasteiger partial charge in [0.05, 0.1) is 11.6 Å². The topological polar surface area (TPSA) is 134 Å². The number of nitrogens with one attached hydrogen (secondary N) is 2. The highest BCUT2D eigenvalue weighted by Gasteiger charge is 2.26. The highest BCUT2D eigenvalue weighted by Crippen LogP contribution is 2.11. The minimum absolute atomic E-state index is 0.168. The molecule has 0 aliphatic carbocycles. The number of benzene rings is 2. The fourth-order valence-corrected chi connectivity index (χ4v) is 2.44. The second kappa shape index (κ2) is 9.73. The lowest BCUT2D eigenvalue weighted by molar-refractivity contribution is -0.155. The molecule has 0 aromatic heterocycles. The predicted molar refractivity (Wildman–Crippen MR) is 102 cm³/mol. The minimum Gasteiger partial charge on any atom is -0.451 e. The number of nitrogens with two attached hydrogens (primary N) is 1. The summed E-state index contributed by atoms with van der Waals surface area (Å²) in [7, 11) is 0. The monoisotopic (exact) mass is 380 g/mol. The molecule has 0 unspecified atom stereocenters. The van der Waals surface area contributed by atoms with Gasteiger partial charge in [-0.05, 0) is 30.7 Å². The van der Waals surface area contributed by atoms with E-state index in [0.29, 0.717) is 11.3 Å². The van der Waals surface area contributed by atoms with Crippen LogP contribution in [0.4, 0.5) is 10.5 Å². The Kier molecular flexibility index (Phi) is 7.11. The number of nitrogens with zero attached hydrogens (tertiary/aromatic N) is 1. The molecule has 2 aromatic rings. The number of carbonyl (C=O) groups is 3.